The molecule has 0 aromatic heterocycles. The highest BCUT2D eigenvalue weighted by Crippen LogP contribution is 2.17. The molecule has 0 heterocycles. The smallest absolute Gasteiger partial charge is 0.367 e. The van der Waals surface area contributed by atoms with Gasteiger partial charge in [0.25, 0.3) is 0 Å². The van der Waals surface area contributed by atoms with Gasteiger partial charge >= 0.3 is 5.97 Å². The number of likely N-dealkylation sites (N-methyl/N-ethyl adjacent to an activating group) is 1. The quantitative estimate of drug-likeness (QED) is 0.221. The number of methoxy groups -OCH3 is 1. The highest BCUT2D eigenvalue weighted by atomic mass is 16.5. The standard InChI is InChI=1S/C22H46NO3/c1-8-9-10-11-12-13-14-15-16-17-18-23(5,6)20(21(24)25-7)19-26-22(2,3)4/h20H,8-19H2,1-7H3/q+1/t20-/m0/s1. The van der Waals surface area contributed by atoms with Crippen molar-refractivity contribution in [2.45, 2.75) is 104 Å². The van der Waals surface area contributed by atoms with Crippen molar-refractivity contribution in [1.29, 1.82) is 0 Å². The predicted molar refractivity (Wildman–Crippen MR) is 110 cm³/mol. The van der Waals surface area contributed by atoms with Crippen LogP contribution in [0.1, 0.15) is 91.9 Å². The van der Waals surface area contributed by atoms with Gasteiger partial charge in [0.2, 0.25) is 6.04 Å². The van der Waals surface area contributed by atoms with Gasteiger partial charge in [0.1, 0.15) is 6.61 Å². The summed E-state index contributed by atoms with van der Waals surface area (Å²) < 4.78 is 11.5. The van der Waals surface area contributed by atoms with Gasteiger partial charge in [0.05, 0.1) is 33.4 Å². The van der Waals surface area contributed by atoms with Gasteiger partial charge in [-0.05, 0) is 33.6 Å². The maximum absolute atomic E-state index is 12.2. The molecule has 0 aromatic rings. The molecule has 0 spiro atoms. The van der Waals surface area contributed by atoms with Crippen molar-refractivity contribution in [2.24, 2.45) is 0 Å². The summed E-state index contributed by atoms with van der Waals surface area (Å²) in [5.41, 5.74) is -0.247. The zero-order valence-electron chi connectivity index (χ0n) is 18.7. The molecule has 0 aliphatic carbocycles. The molecular formula is C22H46NO3+. The highest BCUT2D eigenvalue weighted by molar-refractivity contribution is 5.74. The maximum atomic E-state index is 12.2. The summed E-state index contributed by atoms with van der Waals surface area (Å²) in [4.78, 5) is 12.2. The third-order valence-corrected chi connectivity index (χ3v) is 5.08. The third-order valence-electron chi connectivity index (χ3n) is 5.08. The fourth-order valence-corrected chi connectivity index (χ4v) is 3.18. The maximum Gasteiger partial charge on any atom is 0.367 e. The molecule has 4 nitrogen and oxygen atoms in total. The van der Waals surface area contributed by atoms with E-state index in [1.54, 1.807) is 0 Å². The largest absolute Gasteiger partial charge is 0.465 e. The van der Waals surface area contributed by atoms with Gasteiger partial charge in [-0.3, -0.25) is 0 Å². The van der Waals surface area contributed by atoms with Gasteiger partial charge in [-0.15, -0.1) is 0 Å². The first-order valence-corrected chi connectivity index (χ1v) is 10.7. The Balaban J connectivity index is 4.11. The number of nitrogens with zero attached hydrogens (tertiary/aromatic N) is 1. The molecule has 0 amide bonds. The molecule has 0 rings (SSSR count). The van der Waals surface area contributed by atoms with Crippen molar-refractivity contribution in [2.75, 3.05) is 34.4 Å². The molecular weight excluding hydrogens is 326 g/mol. The Morgan fingerprint density at radius 3 is 1.77 bits per heavy atom. The molecule has 0 aromatic carbocycles. The van der Waals surface area contributed by atoms with Gasteiger partial charge < -0.3 is 14.0 Å². The van der Waals surface area contributed by atoms with E-state index in [1.165, 1.54) is 64.9 Å². The number of carbonyl (C=O) groups is 1. The lowest BCUT2D eigenvalue weighted by Gasteiger charge is -2.37. The second-order valence-corrected chi connectivity index (χ2v) is 9.15. The molecule has 0 aliphatic rings. The summed E-state index contributed by atoms with van der Waals surface area (Å²) in [5, 5.41) is 0. The molecule has 0 saturated carbocycles. The molecule has 1 atom stereocenters. The Hall–Kier alpha value is -0.610. The number of hydrogen-bond acceptors (Lipinski definition) is 3. The number of ether oxygens (including phenoxy) is 2. The Kier molecular flexibility index (Phi) is 13.2. The summed E-state index contributed by atoms with van der Waals surface area (Å²) >= 11 is 0. The fourth-order valence-electron chi connectivity index (χ4n) is 3.18. The van der Waals surface area contributed by atoms with Crippen molar-refractivity contribution >= 4 is 5.97 Å². The number of quaternary nitrogens is 1. The van der Waals surface area contributed by atoms with Crippen LogP contribution in [0.4, 0.5) is 0 Å². The zero-order chi connectivity index (χ0) is 20.1. The Bertz CT molecular complexity index is 361. The Labute approximate surface area is 163 Å². The summed E-state index contributed by atoms with van der Waals surface area (Å²) in [6, 6.07) is -0.266. The van der Waals surface area contributed by atoms with Gasteiger partial charge in [-0.1, -0.05) is 58.3 Å². The number of hydrogen-bond donors (Lipinski definition) is 0. The van der Waals surface area contributed by atoms with E-state index in [2.05, 4.69) is 21.0 Å². The molecule has 0 unspecified atom stereocenters. The van der Waals surface area contributed by atoms with Crippen LogP contribution in [0, 0.1) is 0 Å². The second kappa shape index (κ2) is 13.5. The third kappa shape index (κ3) is 12.7. The van der Waals surface area contributed by atoms with Crippen LogP contribution >= 0.6 is 0 Å². The molecule has 0 bridgehead atoms. The highest BCUT2D eigenvalue weighted by Gasteiger charge is 2.36. The lowest BCUT2D eigenvalue weighted by molar-refractivity contribution is -0.907. The van der Waals surface area contributed by atoms with E-state index in [1.807, 2.05) is 20.8 Å². The van der Waals surface area contributed by atoms with Crippen LogP contribution in [0.5, 0.6) is 0 Å². The zero-order valence-corrected chi connectivity index (χ0v) is 18.7. The van der Waals surface area contributed by atoms with Crippen molar-refractivity contribution in [3.05, 3.63) is 0 Å². The van der Waals surface area contributed by atoms with Gasteiger partial charge in [0.15, 0.2) is 0 Å². The predicted octanol–water partition coefficient (Wildman–Crippen LogP) is 5.34. The number of carbonyl (C=O) groups excluding carboxylic acids is 1. The first-order chi connectivity index (χ1) is 12.1. The van der Waals surface area contributed by atoms with Crippen LogP contribution in [0.3, 0.4) is 0 Å². The van der Waals surface area contributed by atoms with Crippen LogP contribution < -0.4 is 0 Å². The summed E-state index contributed by atoms with van der Waals surface area (Å²) in [5.74, 6) is -0.175. The molecule has 156 valence electrons. The molecule has 0 N–H and O–H groups in total. The van der Waals surface area contributed by atoms with E-state index in [0.717, 1.165) is 13.0 Å². The van der Waals surface area contributed by atoms with Gasteiger partial charge in [0, 0.05) is 0 Å². The molecule has 0 fully saturated rings. The second-order valence-electron chi connectivity index (χ2n) is 9.15. The van der Waals surface area contributed by atoms with Crippen LogP contribution in [0.2, 0.25) is 0 Å². The summed E-state index contributed by atoms with van der Waals surface area (Å²) in [7, 11) is 5.69. The van der Waals surface area contributed by atoms with Crippen LogP contribution in [-0.4, -0.2) is 56.5 Å². The van der Waals surface area contributed by atoms with Crippen molar-refractivity contribution in [3.8, 4) is 0 Å². The van der Waals surface area contributed by atoms with E-state index < -0.39 is 0 Å². The molecule has 0 saturated heterocycles. The normalized spacial score (nSPS) is 13.7. The van der Waals surface area contributed by atoms with Gasteiger partial charge in [-0.25, -0.2) is 4.79 Å². The molecule has 0 radical (unpaired) electrons. The minimum atomic E-state index is -0.266. The molecule has 0 aliphatic heterocycles. The summed E-state index contributed by atoms with van der Waals surface area (Å²) in [6.45, 7) is 9.70. The van der Waals surface area contributed by atoms with Gasteiger partial charge in [-0.2, -0.15) is 0 Å². The fraction of sp³-hybridized carbons (Fsp3) is 0.955. The van der Waals surface area contributed by atoms with Crippen molar-refractivity contribution < 1.29 is 18.8 Å². The number of esters is 1. The lowest BCUT2D eigenvalue weighted by Crippen LogP contribution is -2.56. The van der Waals surface area contributed by atoms with E-state index in [9.17, 15) is 4.79 Å². The number of unbranched alkanes of at least 4 members (excludes halogenated alkanes) is 9. The minimum Gasteiger partial charge on any atom is -0.465 e. The van der Waals surface area contributed by atoms with E-state index in [0.29, 0.717) is 11.1 Å². The van der Waals surface area contributed by atoms with Crippen LogP contribution in [0.25, 0.3) is 0 Å². The van der Waals surface area contributed by atoms with E-state index >= 15 is 0 Å². The van der Waals surface area contributed by atoms with Crippen molar-refractivity contribution in [1.82, 2.24) is 0 Å². The average molecular weight is 373 g/mol. The topological polar surface area (TPSA) is 35.5 Å². The van der Waals surface area contributed by atoms with Crippen LogP contribution in [-0.2, 0) is 14.3 Å². The molecule has 4 heteroatoms. The monoisotopic (exact) mass is 372 g/mol. The lowest BCUT2D eigenvalue weighted by atomic mass is 10.1. The number of rotatable bonds is 15. The first kappa shape index (κ1) is 25.4. The van der Waals surface area contributed by atoms with E-state index in [-0.39, 0.29) is 17.6 Å². The first-order valence-electron chi connectivity index (χ1n) is 10.7. The minimum absolute atomic E-state index is 0.175. The summed E-state index contributed by atoms with van der Waals surface area (Å²) in [6.07, 6.45) is 13.3. The molecule has 26 heavy (non-hydrogen) atoms. The SMILES string of the molecule is CCCCCCCCCCCC[N+](C)(C)[C@@H](COC(C)(C)C)C(=O)OC. The average Bonchev–Trinajstić information content (AvgIpc) is 2.55. The Morgan fingerprint density at radius 1 is 0.885 bits per heavy atom. The van der Waals surface area contributed by atoms with Crippen LogP contribution in [0.15, 0.2) is 0 Å². The van der Waals surface area contributed by atoms with E-state index in [4.69, 9.17) is 9.47 Å². The van der Waals surface area contributed by atoms with Crippen molar-refractivity contribution in [3.63, 3.8) is 0 Å². The Morgan fingerprint density at radius 2 is 1.35 bits per heavy atom.